The molecule has 1 unspecified atom stereocenters. The van der Waals surface area contributed by atoms with Gasteiger partial charge < -0.3 is 15.2 Å². The summed E-state index contributed by atoms with van der Waals surface area (Å²) in [4.78, 5) is 0. The molecule has 0 fully saturated rings. The van der Waals surface area contributed by atoms with Crippen molar-refractivity contribution in [1.29, 1.82) is 0 Å². The van der Waals surface area contributed by atoms with Crippen LogP contribution in [0.5, 0.6) is 11.5 Å². The highest BCUT2D eigenvalue weighted by Crippen LogP contribution is 2.28. The molecule has 1 aromatic rings. The molecule has 1 rings (SSSR count). The van der Waals surface area contributed by atoms with Crippen LogP contribution < -0.4 is 15.2 Å². The van der Waals surface area contributed by atoms with E-state index < -0.39 is 15.1 Å². The maximum atomic E-state index is 12.1. The van der Waals surface area contributed by atoms with E-state index in [1.54, 1.807) is 25.1 Å². The third-order valence-electron chi connectivity index (χ3n) is 3.00. The largest absolute Gasteiger partial charge is 0.493 e. The van der Waals surface area contributed by atoms with Crippen molar-refractivity contribution >= 4 is 9.84 Å². The molecule has 0 radical (unpaired) electrons. The molecule has 0 bridgehead atoms. The summed E-state index contributed by atoms with van der Waals surface area (Å²) in [5.74, 6) is 1.09. The van der Waals surface area contributed by atoms with E-state index in [9.17, 15) is 8.42 Å². The van der Waals surface area contributed by atoms with Crippen molar-refractivity contribution in [3.63, 3.8) is 0 Å². The standard InChI is InChI=1S/C13H21NO4S/c1-10(6-7-14)19(15,16)9-11-4-5-12(17-2)13(8-11)18-3/h4-5,8,10H,6-7,9,14H2,1-3H3. The third kappa shape index (κ3) is 4.11. The Kier molecular flexibility index (Phi) is 5.62. The molecule has 0 aliphatic rings. The molecule has 5 nitrogen and oxygen atoms in total. The normalized spacial score (nSPS) is 13.1. The summed E-state index contributed by atoms with van der Waals surface area (Å²) >= 11 is 0. The quantitative estimate of drug-likeness (QED) is 0.819. The lowest BCUT2D eigenvalue weighted by molar-refractivity contribution is 0.354. The molecule has 0 aliphatic heterocycles. The topological polar surface area (TPSA) is 78.6 Å². The highest BCUT2D eigenvalue weighted by atomic mass is 32.2. The summed E-state index contributed by atoms with van der Waals surface area (Å²) in [6.07, 6.45) is 0.468. The van der Waals surface area contributed by atoms with E-state index in [0.29, 0.717) is 30.0 Å². The highest BCUT2D eigenvalue weighted by Gasteiger charge is 2.21. The smallest absolute Gasteiger partial charge is 0.161 e. The average Bonchev–Trinajstić information content (AvgIpc) is 2.38. The Morgan fingerprint density at radius 3 is 2.37 bits per heavy atom. The Bertz CT molecular complexity index is 513. The second-order valence-electron chi connectivity index (χ2n) is 4.38. The molecule has 0 aromatic heterocycles. The number of rotatable bonds is 7. The highest BCUT2D eigenvalue weighted by molar-refractivity contribution is 7.91. The Balaban J connectivity index is 2.94. The van der Waals surface area contributed by atoms with Crippen molar-refractivity contribution < 1.29 is 17.9 Å². The van der Waals surface area contributed by atoms with Crippen molar-refractivity contribution in [2.45, 2.75) is 24.3 Å². The van der Waals surface area contributed by atoms with Crippen molar-refractivity contribution in [3.05, 3.63) is 23.8 Å². The van der Waals surface area contributed by atoms with Gasteiger partial charge in [-0.1, -0.05) is 6.07 Å². The van der Waals surface area contributed by atoms with Crippen LogP contribution >= 0.6 is 0 Å². The Morgan fingerprint density at radius 2 is 1.84 bits per heavy atom. The zero-order valence-corrected chi connectivity index (χ0v) is 12.4. The maximum Gasteiger partial charge on any atom is 0.161 e. The van der Waals surface area contributed by atoms with Crippen molar-refractivity contribution in [1.82, 2.24) is 0 Å². The number of nitrogens with two attached hydrogens (primary N) is 1. The van der Waals surface area contributed by atoms with Crippen LogP contribution in [0.4, 0.5) is 0 Å². The molecule has 6 heteroatoms. The monoisotopic (exact) mass is 287 g/mol. The minimum absolute atomic E-state index is 0.0193. The van der Waals surface area contributed by atoms with Crippen LogP contribution in [0, 0.1) is 0 Å². The molecule has 0 saturated carbocycles. The molecule has 0 spiro atoms. The summed E-state index contributed by atoms with van der Waals surface area (Å²) in [6.45, 7) is 2.05. The second kappa shape index (κ2) is 6.77. The lowest BCUT2D eigenvalue weighted by Crippen LogP contribution is -2.22. The molecular weight excluding hydrogens is 266 g/mol. The summed E-state index contributed by atoms with van der Waals surface area (Å²) in [5, 5.41) is -0.439. The van der Waals surface area contributed by atoms with Gasteiger partial charge in [0.05, 0.1) is 25.2 Å². The van der Waals surface area contributed by atoms with Crippen LogP contribution in [-0.2, 0) is 15.6 Å². The average molecular weight is 287 g/mol. The van der Waals surface area contributed by atoms with Crippen molar-refractivity contribution in [2.75, 3.05) is 20.8 Å². The zero-order chi connectivity index (χ0) is 14.5. The van der Waals surface area contributed by atoms with E-state index in [4.69, 9.17) is 15.2 Å². The van der Waals surface area contributed by atoms with E-state index in [2.05, 4.69) is 0 Å². The first-order valence-corrected chi connectivity index (χ1v) is 7.78. The van der Waals surface area contributed by atoms with Gasteiger partial charge in [-0.3, -0.25) is 0 Å². The predicted octanol–water partition coefficient (Wildman–Crippen LogP) is 1.36. The first kappa shape index (κ1) is 15.8. The van der Waals surface area contributed by atoms with Crippen LogP contribution in [-0.4, -0.2) is 34.4 Å². The van der Waals surface area contributed by atoms with Gasteiger partial charge >= 0.3 is 0 Å². The van der Waals surface area contributed by atoms with Crippen molar-refractivity contribution in [2.24, 2.45) is 5.73 Å². The SMILES string of the molecule is COc1ccc(CS(=O)(=O)C(C)CCN)cc1OC. The number of ether oxygens (including phenoxy) is 2. The number of sulfone groups is 1. The number of benzene rings is 1. The molecule has 108 valence electrons. The molecule has 0 amide bonds. The summed E-state index contributed by atoms with van der Waals surface area (Å²) < 4.78 is 34.5. The summed E-state index contributed by atoms with van der Waals surface area (Å²) in [6, 6.07) is 5.12. The molecule has 1 aromatic carbocycles. The fraction of sp³-hybridized carbons (Fsp3) is 0.538. The zero-order valence-electron chi connectivity index (χ0n) is 11.5. The van der Waals surface area contributed by atoms with Gasteiger partial charge in [-0.15, -0.1) is 0 Å². The van der Waals surface area contributed by atoms with Gasteiger partial charge in [0.1, 0.15) is 0 Å². The lowest BCUT2D eigenvalue weighted by Gasteiger charge is -2.13. The second-order valence-corrected chi connectivity index (χ2v) is 6.80. The summed E-state index contributed by atoms with van der Waals surface area (Å²) in [5.41, 5.74) is 6.08. The van der Waals surface area contributed by atoms with Crippen molar-refractivity contribution in [3.8, 4) is 11.5 Å². The number of hydrogen-bond acceptors (Lipinski definition) is 5. The minimum atomic E-state index is -3.20. The molecule has 0 saturated heterocycles. The minimum Gasteiger partial charge on any atom is -0.493 e. The van der Waals surface area contributed by atoms with Crippen LogP contribution in [0.15, 0.2) is 18.2 Å². The number of methoxy groups -OCH3 is 2. The van der Waals surface area contributed by atoms with Gasteiger partial charge in [-0.2, -0.15) is 0 Å². The van der Waals surface area contributed by atoms with E-state index in [0.717, 1.165) is 0 Å². The molecular formula is C13H21NO4S. The van der Waals surface area contributed by atoms with Gasteiger partial charge in [-0.05, 0) is 37.6 Å². The van der Waals surface area contributed by atoms with Crippen LogP contribution in [0.2, 0.25) is 0 Å². The Labute approximate surface area is 114 Å². The van der Waals surface area contributed by atoms with Gasteiger partial charge in [0.2, 0.25) is 0 Å². The molecule has 19 heavy (non-hydrogen) atoms. The fourth-order valence-electron chi connectivity index (χ4n) is 1.76. The van der Waals surface area contributed by atoms with E-state index in [-0.39, 0.29) is 5.75 Å². The Morgan fingerprint density at radius 1 is 1.21 bits per heavy atom. The maximum absolute atomic E-state index is 12.1. The molecule has 0 heterocycles. The molecule has 0 aliphatic carbocycles. The van der Waals surface area contributed by atoms with Gasteiger partial charge in [-0.25, -0.2) is 8.42 Å². The summed E-state index contributed by atoms with van der Waals surface area (Å²) in [7, 11) is -0.136. The van der Waals surface area contributed by atoms with Gasteiger partial charge in [0.15, 0.2) is 21.3 Å². The molecule has 2 N–H and O–H groups in total. The van der Waals surface area contributed by atoms with Crippen LogP contribution in [0.3, 0.4) is 0 Å². The van der Waals surface area contributed by atoms with Crippen LogP contribution in [0.1, 0.15) is 18.9 Å². The van der Waals surface area contributed by atoms with E-state index in [1.165, 1.54) is 14.2 Å². The van der Waals surface area contributed by atoms with Crippen LogP contribution in [0.25, 0.3) is 0 Å². The third-order valence-corrected chi connectivity index (χ3v) is 5.20. The van der Waals surface area contributed by atoms with E-state index >= 15 is 0 Å². The first-order chi connectivity index (χ1) is 8.94. The fourth-order valence-corrected chi connectivity index (χ4v) is 3.18. The number of hydrogen-bond donors (Lipinski definition) is 1. The Hall–Kier alpha value is -1.27. The van der Waals surface area contributed by atoms with E-state index in [1.807, 2.05) is 0 Å². The molecule has 1 atom stereocenters. The van der Waals surface area contributed by atoms with Gasteiger partial charge in [0.25, 0.3) is 0 Å². The first-order valence-electron chi connectivity index (χ1n) is 6.07. The van der Waals surface area contributed by atoms with Gasteiger partial charge in [0, 0.05) is 0 Å². The predicted molar refractivity (Wildman–Crippen MR) is 75.3 cm³/mol. The lowest BCUT2D eigenvalue weighted by atomic mass is 10.2.